The lowest BCUT2D eigenvalue weighted by molar-refractivity contribution is -0.121. The molecule has 4 rings (SSSR count). The molecule has 0 aliphatic carbocycles. The van der Waals surface area contributed by atoms with Crippen LogP contribution in [0.4, 0.5) is 0 Å². The van der Waals surface area contributed by atoms with Gasteiger partial charge in [-0.25, -0.2) is 9.36 Å². The first-order valence-corrected chi connectivity index (χ1v) is 9.64. The molecule has 0 atom stereocenters. The number of fused-ring (bicyclic) bond motifs is 1. The number of hydrogen-bond donors (Lipinski definition) is 1. The summed E-state index contributed by atoms with van der Waals surface area (Å²) in [4.78, 5) is 43.1. The first kappa shape index (κ1) is 20.1. The standard InChI is InChI=1S/C23H20N4O4/c1-31-18-11-9-17(10-12-18)27-22(29)19-7-2-3-8-20(19)26(23(27)30)15-21(28)25-14-16-6-4-5-13-24-16/h2-13H,14-15H2,1H3,(H,25,28). The van der Waals surface area contributed by atoms with Gasteiger partial charge >= 0.3 is 5.69 Å². The van der Waals surface area contributed by atoms with Crippen molar-refractivity contribution in [1.29, 1.82) is 0 Å². The van der Waals surface area contributed by atoms with Gasteiger partial charge in [-0.1, -0.05) is 18.2 Å². The summed E-state index contributed by atoms with van der Waals surface area (Å²) in [5, 5.41) is 3.11. The molecular formula is C23H20N4O4. The molecule has 156 valence electrons. The maximum Gasteiger partial charge on any atom is 0.336 e. The molecule has 1 amide bonds. The van der Waals surface area contributed by atoms with E-state index in [9.17, 15) is 14.4 Å². The van der Waals surface area contributed by atoms with Crippen LogP contribution in [0.5, 0.6) is 5.75 Å². The van der Waals surface area contributed by atoms with Crippen LogP contribution in [0.25, 0.3) is 16.6 Å². The average Bonchev–Trinajstić information content (AvgIpc) is 2.81. The van der Waals surface area contributed by atoms with Gasteiger partial charge in [0.05, 0.1) is 35.9 Å². The van der Waals surface area contributed by atoms with E-state index in [1.165, 1.54) is 11.7 Å². The molecule has 2 aromatic carbocycles. The van der Waals surface area contributed by atoms with Crippen molar-refractivity contribution >= 4 is 16.8 Å². The van der Waals surface area contributed by atoms with Gasteiger partial charge in [0.1, 0.15) is 12.3 Å². The van der Waals surface area contributed by atoms with Gasteiger partial charge in [0.15, 0.2) is 0 Å². The average molecular weight is 416 g/mol. The molecule has 1 N–H and O–H groups in total. The largest absolute Gasteiger partial charge is 0.497 e. The minimum atomic E-state index is -0.596. The third-order valence-corrected chi connectivity index (χ3v) is 4.88. The molecule has 4 aromatic rings. The van der Waals surface area contributed by atoms with Crippen molar-refractivity contribution in [2.45, 2.75) is 13.1 Å². The fourth-order valence-corrected chi connectivity index (χ4v) is 3.32. The Morgan fingerprint density at radius 2 is 1.74 bits per heavy atom. The normalized spacial score (nSPS) is 10.7. The molecule has 0 aliphatic rings. The fraction of sp³-hybridized carbons (Fsp3) is 0.130. The topological polar surface area (TPSA) is 95.2 Å². The highest BCUT2D eigenvalue weighted by molar-refractivity contribution is 5.81. The number of amides is 1. The highest BCUT2D eigenvalue weighted by atomic mass is 16.5. The van der Waals surface area contributed by atoms with Crippen LogP contribution in [-0.2, 0) is 17.9 Å². The van der Waals surface area contributed by atoms with E-state index in [1.54, 1.807) is 66.9 Å². The zero-order valence-electron chi connectivity index (χ0n) is 16.8. The van der Waals surface area contributed by atoms with Gasteiger partial charge in [-0.15, -0.1) is 0 Å². The number of carbonyl (C=O) groups is 1. The smallest absolute Gasteiger partial charge is 0.336 e. The Kier molecular flexibility index (Phi) is 5.61. The van der Waals surface area contributed by atoms with Gasteiger partial charge in [0.25, 0.3) is 5.56 Å². The number of rotatable bonds is 6. The van der Waals surface area contributed by atoms with Crippen molar-refractivity contribution in [3.63, 3.8) is 0 Å². The lowest BCUT2D eigenvalue weighted by atomic mass is 10.2. The zero-order valence-corrected chi connectivity index (χ0v) is 16.8. The van der Waals surface area contributed by atoms with Crippen LogP contribution in [0.2, 0.25) is 0 Å². The molecule has 0 radical (unpaired) electrons. The number of ether oxygens (including phenoxy) is 1. The molecule has 0 saturated heterocycles. The van der Waals surface area contributed by atoms with Crippen LogP contribution >= 0.6 is 0 Å². The number of methoxy groups -OCH3 is 1. The number of nitrogens with one attached hydrogen (secondary N) is 1. The van der Waals surface area contributed by atoms with Crippen LogP contribution in [0.1, 0.15) is 5.69 Å². The molecule has 31 heavy (non-hydrogen) atoms. The number of hydrogen-bond acceptors (Lipinski definition) is 5. The predicted octanol–water partition coefficient (Wildman–Crippen LogP) is 1.87. The Morgan fingerprint density at radius 3 is 2.45 bits per heavy atom. The molecule has 0 aliphatic heterocycles. The Hall–Kier alpha value is -4.20. The first-order chi connectivity index (χ1) is 15.1. The summed E-state index contributed by atoms with van der Waals surface area (Å²) < 4.78 is 7.51. The van der Waals surface area contributed by atoms with E-state index in [2.05, 4.69) is 10.3 Å². The number of nitrogens with zero attached hydrogens (tertiary/aromatic N) is 3. The van der Waals surface area contributed by atoms with E-state index >= 15 is 0 Å². The van der Waals surface area contributed by atoms with E-state index in [0.29, 0.717) is 28.0 Å². The highest BCUT2D eigenvalue weighted by Crippen LogP contribution is 2.14. The number of pyridine rings is 1. The van der Waals surface area contributed by atoms with Crippen molar-refractivity contribution in [2.75, 3.05) is 7.11 Å². The first-order valence-electron chi connectivity index (χ1n) is 9.64. The summed E-state index contributed by atoms with van der Waals surface area (Å²) in [5.41, 5.74) is 0.452. The van der Waals surface area contributed by atoms with Gasteiger partial charge in [0.2, 0.25) is 5.91 Å². The molecule has 2 aromatic heterocycles. The molecule has 8 heteroatoms. The second kappa shape index (κ2) is 8.66. The summed E-state index contributed by atoms with van der Waals surface area (Å²) in [6.07, 6.45) is 1.64. The second-order valence-electron chi connectivity index (χ2n) is 6.82. The number of aromatic nitrogens is 3. The predicted molar refractivity (Wildman–Crippen MR) is 116 cm³/mol. The summed E-state index contributed by atoms with van der Waals surface area (Å²) in [6.45, 7) is 0.00703. The van der Waals surface area contributed by atoms with Crippen molar-refractivity contribution < 1.29 is 9.53 Å². The number of para-hydroxylation sites is 1. The van der Waals surface area contributed by atoms with Gasteiger partial charge in [-0.05, 0) is 48.5 Å². The summed E-state index contributed by atoms with van der Waals surface area (Å²) in [7, 11) is 1.54. The van der Waals surface area contributed by atoms with Crippen LogP contribution < -0.4 is 21.3 Å². The second-order valence-corrected chi connectivity index (χ2v) is 6.82. The Bertz CT molecular complexity index is 1340. The van der Waals surface area contributed by atoms with Gasteiger partial charge in [-0.2, -0.15) is 0 Å². The highest BCUT2D eigenvalue weighted by Gasteiger charge is 2.16. The lowest BCUT2D eigenvalue weighted by Crippen LogP contribution is -2.41. The van der Waals surface area contributed by atoms with E-state index < -0.39 is 11.2 Å². The third-order valence-electron chi connectivity index (χ3n) is 4.88. The molecule has 8 nitrogen and oxygen atoms in total. The van der Waals surface area contributed by atoms with Gasteiger partial charge < -0.3 is 10.1 Å². The monoisotopic (exact) mass is 416 g/mol. The fourth-order valence-electron chi connectivity index (χ4n) is 3.32. The summed E-state index contributed by atoms with van der Waals surface area (Å²) in [6, 6.07) is 18.7. The third kappa shape index (κ3) is 4.09. The van der Waals surface area contributed by atoms with E-state index in [1.807, 2.05) is 6.07 Å². The minimum absolute atomic E-state index is 0.234. The summed E-state index contributed by atoms with van der Waals surface area (Å²) >= 11 is 0. The maximum absolute atomic E-state index is 13.3. The molecule has 0 spiro atoms. The van der Waals surface area contributed by atoms with E-state index in [-0.39, 0.29) is 19.0 Å². The SMILES string of the molecule is COc1ccc(-n2c(=O)c3ccccc3n(CC(=O)NCc3ccccn3)c2=O)cc1. The molecule has 2 heterocycles. The summed E-state index contributed by atoms with van der Waals surface area (Å²) in [5.74, 6) is 0.240. The number of carbonyl (C=O) groups excluding carboxylic acids is 1. The van der Waals surface area contributed by atoms with Crippen molar-refractivity contribution in [2.24, 2.45) is 0 Å². The van der Waals surface area contributed by atoms with Crippen molar-refractivity contribution in [3.8, 4) is 11.4 Å². The van der Waals surface area contributed by atoms with Gasteiger partial charge in [0, 0.05) is 6.20 Å². The molecule has 0 bridgehead atoms. The molecule has 0 unspecified atom stereocenters. The van der Waals surface area contributed by atoms with Crippen LogP contribution in [0.15, 0.2) is 82.5 Å². The van der Waals surface area contributed by atoms with Crippen LogP contribution in [0.3, 0.4) is 0 Å². The Balaban J connectivity index is 1.74. The molecular weight excluding hydrogens is 396 g/mol. The van der Waals surface area contributed by atoms with E-state index in [0.717, 1.165) is 4.57 Å². The van der Waals surface area contributed by atoms with E-state index in [4.69, 9.17) is 4.74 Å². The zero-order chi connectivity index (χ0) is 21.8. The molecule has 0 saturated carbocycles. The van der Waals surface area contributed by atoms with Crippen LogP contribution in [0, 0.1) is 0 Å². The quantitative estimate of drug-likeness (QED) is 0.518. The Morgan fingerprint density at radius 1 is 1.00 bits per heavy atom. The van der Waals surface area contributed by atoms with Crippen molar-refractivity contribution in [1.82, 2.24) is 19.4 Å². The van der Waals surface area contributed by atoms with Crippen LogP contribution in [-0.4, -0.2) is 27.1 Å². The molecule has 0 fully saturated rings. The van der Waals surface area contributed by atoms with Gasteiger partial charge in [-0.3, -0.25) is 19.1 Å². The minimum Gasteiger partial charge on any atom is -0.497 e. The Labute approximate surface area is 177 Å². The maximum atomic E-state index is 13.3. The van der Waals surface area contributed by atoms with Crippen molar-refractivity contribution in [3.05, 3.63) is 99.5 Å². The number of benzene rings is 2. The lowest BCUT2D eigenvalue weighted by Gasteiger charge is -2.14.